The van der Waals surface area contributed by atoms with Gasteiger partial charge in [0.25, 0.3) is 5.91 Å². The maximum absolute atomic E-state index is 12.2. The quantitative estimate of drug-likeness (QED) is 0.417. The molecule has 7 nitrogen and oxygen atoms in total. The number of hydrogen-bond donors (Lipinski definition) is 1. The van der Waals surface area contributed by atoms with Crippen LogP contribution in [0.15, 0.2) is 48.5 Å². The third-order valence-electron chi connectivity index (χ3n) is 4.04. The molecule has 0 radical (unpaired) electrons. The number of amides is 1. The van der Waals surface area contributed by atoms with E-state index in [1.165, 1.54) is 34.1 Å². The molecule has 0 bridgehead atoms. The van der Waals surface area contributed by atoms with Gasteiger partial charge in [0.05, 0.1) is 14.2 Å². The summed E-state index contributed by atoms with van der Waals surface area (Å²) in [4.78, 5) is 35.5. The minimum atomic E-state index is -0.995. The summed E-state index contributed by atoms with van der Waals surface area (Å²) < 4.78 is 15.5. The summed E-state index contributed by atoms with van der Waals surface area (Å²) in [6, 6.07) is 11.6. The van der Waals surface area contributed by atoms with E-state index >= 15 is 0 Å². The number of ketones is 1. The highest BCUT2D eigenvalue weighted by molar-refractivity contribution is 5.98. The molecule has 0 aliphatic rings. The maximum Gasteiger partial charge on any atom is 0.331 e. The average molecular weight is 397 g/mol. The van der Waals surface area contributed by atoms with Crippen LogP contribution in [0.4, 0.5) is 5.69 Å². The topological polar surface area (TPSA) is 90.9 Å². The smallest absolute Gasteiger partial charge is 0.331 e. The summed E-state index contributed by atoms with van der Waals surface area (Å²) in [7, 11) is 3.06. The number of benzene rings is 2. The molecule has 0 saturated carbocycles. The number of hydrogen-bond acceptors (Lipinski definition) is 6. The molecule has 0 fully saturated rings. The average Bonchev–Trinajstić information content (AvgIpc) is 2.72. The molecule has 0 aliphatic carbocycles. The largest absolute Gasteiger partial charge is 0.493 e. The Bertz CT molecular complexity index is 917. The number of methoxy groups -OCH3 is 2. The van der Waals surface area contributed by atoms with Gasteiger partial charge in [-0.15, -0.1) is 0 Å². The number of rotatable bonds is 8. The molecule has 1 unspecified atom stereocenters. The number of carbonyl (C=O) groups excluding carboxylic acids is 3. The zero-order valence-electron chi connectivity index (χ0n) is 16.7. The van der Waals surface area contributed by atoms with E-state index in [9.17, 15) is 14.4 Å². The monoisotopic (exact) mass is 397 g/mol. The molecule has 0 aliphatic heterocycles. The van der Waals surface area contributed by atoms with Crippen LogP contribution in [0.1, 0.15) is 29.8 Å². The molecule has 0 saturated heterocycles. The van der Waals surface area contributed by atoms with Crippen molar-refractivity contribution in [3.05, 3.63) is 59.7 Å². The Morgan fingerprint density at radius 2 is 1.62 bits per heavy atom. The van der Waals surface area contributed by atoms with E-state index < -0.39 is 18.0 Å². The van der Waals surface area contributed by atoms with Crippen molar-refractivity contribution in [3.63, 3.8) is 0 Å². The van der Waals surface area contributed by atoms with Gasteiger partial charge in [-0.2, -0.15) is 0 Å². The standard InChI is InChI=1S/C22H23NO6/c1-14(24)17-7-9-18(10-8-17)23-22(26)15(2)29-21(25)12-6-16-5-11-19(27-3)20(13-16)28-4/h5-13,15H,1-4H3,(H,23,26)/b12-6+. The van der Waals surface area contributed by atoms with Gasteiger partial charge in [0.1, 0.15) is 0 Å². The van der Waals surface area contributed by atoms with Gasteiger partial charge in [0.15, 0.2) is 23.4 Å². The normalized spacial score (nSPS) is 11.6. The van der Waals surface area contributed by atoms with Crippen molar-refractivity contribution in [1.29, 1.82) is 0 Å². The first-order valence-corrected chi connectivity index (χ1v) is 8.86. The van der Waals surface area contributed by atoms with E-state index in [2.05, 4.69) is 5.32 Å². The van der Waals surface area contributed by atoms with E-state index in [0.29, 0.717) is 28.3 Å². The van der Waals surface area contributed by atoms with E-state index in [-0.39, 0.29) is 5.78 Å². The minimum absolute atomic E-state index is 0.0635. The molecule has 7 heteroatoms. The Labute approximate surface area is 169 Å². The highest BCUT2D eigenvalue weighted by Gasteiger charge is 2.17. The Morgan fingerprint density at radius 1 is 0.966 bits per heavy atom. The predicted molar refractivity (Wildman–Crippen MR) is 109 cm³/mol. The van der Waals surface area contributed by atoms with E-state index in [1.54, 1.807) is 48.5 Å². The summed E-state index contributed by atoms with van der Waals surface area (Å²) in [6.07, 6.45) is 1.78. The highest BCUT2D eigenvalue weighted by Crippen LogP contribution is 2.27. The first-order chi connectivity index (χ1) is 13.8. The van der Waals surface area contributed by atoms with E-state index in [4.69, 9.17) is 14.2 Å². The molecule has 2 aromatic rings. The van der Waals surface area contributed by atoms with Crippen LogP contribution in [-0.2, 0) is 14.3 Å². The summed E-state index contributed by atoms with van der Waals surface area (Å²) in [5, 5.41) is 2.63. The fourth-order valence-corrected chi connectivity index (χ4v) is 2.42. The van der Waals surface area contributed by atoms with Crippen molar-refractivity contribution < 1.29 is 28.6 Å². The van der Waals surface area contributed by atoms with Crippen LogP contribution in [-0.4, -0.2) is 38.0 Å². The molecule has 2 aromatic carbocycles. The van der Waals surface area contributed by atoms with Gasteiger partial charge in [-0.3, -0.25) is 9.59 Å². The highest BCUT2D eigenvalue weighted by atomic mass is 16.5. The van der Waals surface area contributed by atoms with Crippen molar-refractivity contribution in [3.8, 4) is 11.5 Å². The zero-order chi connectivity index (χ0) is 21.4. The molecule has 0 spiro atoms. The maximum atomic E-state index is 12.2. The second-order valence-corrected chi connectivity index (χ2v) is 6.15. The Hall–Kier alpha value is -3.61. The Kier molecular flexibility index (Phi) is 7.54. The van der Waals surface area contributed by atoms with Gasteiger partial charge < -0.3 is 19.5 Å². The summed E-state index contributed by atoms with van der Waals surface area (Å²) >= 11 is 0. The molecule has 1 N–H and O–H groups in total. The van der Waals surface area contributed by atoms with E-state index in [1.807, 2.05) is 0 Å². The molecule has 0 aromatic heterocycles. The van der Waals surface area contributed by atoms with Crippen LogP contribution >= 0.6 is 0 Å². The predicted octanol–water partition coefficient (Wildman–Crippen LogP) is 3.49. The number of anilines is 1. The number of ether oxygens (including phenoxy) is 3. The first-order valence-electron chi connectivity index (χ1n) is 8.86. The van der Waals surface area contributed by atoms with Crippen molar-refractivity contribution in [2.24, 2.45) is 0 Å². The molecule has 0 heterocycles. The summed E-state index contributed by atoms with van der Waals surface area (Å²) in [6.45, 7) is 2.94. The second-order valence-electron chi connectivity index (χ2n) is 6.15. The molecular formula is C22H23NO6. The third kappa shape index (κ3) is 6.21. The molecule has 152 valence electrons. The van der Waals surface area contributed by atoms with Crippen LogP contribution < -0.4 is 14.8 Å². The lowest BCUT2D eigenvalue weighted by atomic mass is 10.1. The lowest BCUT2D eigenvalue weighted by Gasteiger charge is -2.12. The lowest BCUT2D eigenvalue weighted by Crippen LogP contribution is -2.29. The lowest BCUT2D eigenvalue weighted by molar-refractivity contribution is -0.148. The van der Waals surface area contributed by atoms with Gasteiger partial charge in [-0.05, 0) is 61.9 Å². The van der Waals surface area contributed by atoms with Crippen LogP contribution in [0.3, 0.4) is 0 Å². The number of Topliss-reactive ketones (excluding diaryl/α,β-unsaturated/α-hetero) is 1. The summed E-state index contributed by atoms with van der Waals surface area (Å²) in [5.74, 6) is -0.0883. The van der Waals surface area contributed by atoms with Crippen molar-refractivity contribution in [2.75, 3.05) is 19.5 Å². The first kappa shape index (κ1) is 21.7. The second kappa shape index (κ2) is 10.1. The van der Waals surface area contributed by atoms with Gasteiger partial charge >= 0.3 is 5.97 Å². The van der Waals surface area contributed by atoms with Crippen molar-refractivity contribution in [1.82, 2.24) is 0 Å². The molecule has 1 amide bonds. The number of carbonyl (C=O) groups is 3. The third-order valence-corrected chi connectivity index (χ3v) is 4.04. The minimum Gasteiger partial charge on any atom is -0.493 e. The van der Waals surface area contributed by atoms with Gasteiger partial charge in [0.2, 0.25) is 0 Å². The van der Waals surface area contributed by atoms with Crippen LogP contribution in [0.2, 0.25) is 0 Å². The number of nitrogens with one attached hydrogen (secondary N) is 1. The van der Waals surface area contributed by atoms with Gasteiger partial charge in [-0.25, -0.2) is 4.79 Å². The van der Waals surface area contributed by atoms with Crippen LogP contribution in [0, 0.1) is 0 Å². The van der Waals surface area contributed by atoms with E-state index in [0.717, 1.165) is 0 Å². The summed E-state index contributed by atoms with van der Waals surface area (Å²) in [5.41, 5.74) is 1.76. The molecule has 1 atom stereocenters. The Balaban J connectivity index is 1.93. The fraction of sp³-hybridized carbons (Fsp3) is 0.227. The van der Waals surface area contributed by atoms with Crippen molar-refractivity contribution >= 4 is 29.4 Å². The molecule has 29 heavy (non-hydrogen) atoms. The Morgan fingerprint density at radius 3 is 2.21 bits per heavy atom. The van der Waals surface area contributed by atoms with Crippen LogP contribution in [0.25, 0.3) is 6.08 Å². The van der Waals surface area contributed by atoms with Gasteiger partial charge in [-0.1, -0.05) is 6.07 Å². The van der Waals surface area contributed by atoms with Crippen LogP contribution in [0.5, 0.6) is 11.5 Å². The van der Waals surface area contributed by atoms with Crippen molar-refractivity contribution in [2.45, 2.75) is 20.0 Å². The fourth-order valence-electron chi connectivity index (χ4n) is 2.42. The van der Waals surface area contributed by atoms with Gasteiger partial charge in [0, 0.05) is 17.3 Å². The SMILES string of the molecule is COc1ccc(/C=C/C(=O)OC(C)C(=O)Nc2ccc(C(C)=O)cc2)cc1OC. The molecule has 2 rings (SSSR count). The zero-order valence-corrected chi connectivity index (χ0v) is 16.7. The number of esters is 1. The molecular weight excluding hydrogens is 374 g/mol.